The Balaban J connectivity index is 6.22. The van der Waals surface area contributed by atoms with Gasteiger partial charge in [-0.15, -0.1) is 0 Å². The predicted molar refractivity (Wildman–Crippen MR) is 153 cm³/mol. The van der Waals surface area contributed by atoms with Gasteiger partial charge in [0, 0.05) is 33.0 Å². The van der Waals surface area contributed by atoms with Gasteiger partial charge in [0.05, 0.1) is 18.8 Å². The van der Waals surface area contributed by atoms with Crippen LogP contribution in [0.5, 0.6) is 0 Å². The van der Waals surface area contributed by atoms with Gasteiger partial charge in [-0.2, -0.15) is 0 Å². The van der Waals surface area contributed by atoms with Crippen molar-refractivity contribution >= 4 is 8.32 Å². The summed E-state index contributed by atoms with van der Waals surface area (Å²) in [5.74, 6) is 0. The second-order valence-corrected chi connectivity index (χ2v) is 14.7. The molecule has 0 spiro atoms. The number of ether oxygens (including phenoxy) is 4. The minimum atomic E-state index is -1.93. The molecule has 0 aliphatic carbocycles. The van der Waals surface area contributed by atoms with Crippen LogP contribution in [-0.2, 0) is 23.4 Å². The fraction of sp³-hybridized carbons (Fsp3) is 1.00. The van der Waals surface area contributed by atoms with E-state index in [1.165, 1.54) is 0 Å². The van der Waals surface area contributed by atoms with Crippen molar-refractivity contribution in [3.8, 4) is 0 Å². The lowest BCUT2D eigenvalue weighted by molar-refractivity contribution is -0.177. The molecule has 0 saturated carbocycles. The Morgan fingerprint density at radius 3 is 1.47 bits per heavy atom. The van der Waals surface area contributed by atoms with Crippen molar-refractivity contribution in [1.29, 1.82) is 0 Å². The van der Waals surface area contributed by atoms with Crippen LogP contribution >= 0.6 is 0 Å². The molecule has 1 N–H and O–H groups in total. The summed E-state index contributed by atoms with van der Waals surface area (Å²) in [7, 11) is -1.93. The molecule has 36 heavy (non-hydrogen) atoms. The van der Waals surface area contributed by atoms with Gasteiger partial charge in [-0.3, -0.25) is 0 Å². The van der Waals surface area contributed by atoms with Gasteiger partial charge >= 0.3 is 0 Å². The van der Waals surface area contributed by atoms with E-state index in [2.05, 4.69) is 48.5 Å². The molecule has 0 saturated heterocycles. The van der Waals surface area contributed by atoms with E-state index < -0.39 is 8.32 Å². The predicted octanol–water partition coefficient (Wildman–Crippen LogP) is 7.13. The number of aliphatic hydroxyl groups excluding tert-OH is 1. The molecule has 7 heteroatoms. The summed E-state index contributed by atoms with van der Waals surface area (Å²) in [5.41, 5.74) is 0. The number of aliphatic hydroxyl groups is 1. The lowest BCUT2D eigenvalue weighted by Gasteiger charge is -2.41. The van der Waals surface area contributed by atoms with E-state index in [0.29, 0.717) is 32.8 Å². The van der Waals surface area contributed by atoms with Crippen molar-refractivity contribution in [2.24, 2.45) is 0 Å². The Kier molecular flexibility index (Phi) is 24.0. The van der Waals surface area contributed by atoms with E-state index in [4.69, 9.17) is 23.4 Å². The van der Waals surface area contributed by atoms with Gasteiger partial charge in [-0.05, 0) is 50.2 Å². The molecule has 0 bridgehead atoms. The van der Waals surface area contributed by atoms with E-state index in [1.54, 1.807) is 0 Å². The molecule has 0 aliphatic rings. The third kappa shape index (κ3) is 14.8. The first-order valence-electron chi connectivity index (χ1n) is 15.2. The van der Waals surface area contributed by atoms with E-state index in [1.807, 2.05) is 0 Å². The number of rotatable bonds is 27. The Morgan fingerprint density at radius 1 is 0.583 bits per heavy atom. The van der Waals surface area contributed by atoms with Crippen LogP contribution in [0.2, 0.25) is 18.1 Å². The minimum absolute atomic E-state index is 0.0577. The second kappa shape index (κ2) is 24.0. The average Bonchev–Trinajstić information content (AvgIpc) is 2.90. The SMILES string of the molecule is CCCCOC[C@@H](O[Si](CC)(CC)CC)[C@@H](OCCCC)[C@@H](OCCCC)[C@H](CCO)OCCCC. The van der Waals surface area contributed by atoms with E-state index in [9.17, 15) is 5.11 Å². The molecule has 4 atom stereocenters. The van der Waals surface area contributed by atoms with Crippen molar-refractivity contribution in [1.82, 2.24) is 0 Å². The van der Waals surface area contributed by atoms with Crippen LogP contribution in [0.15, 0.2) is 0 Å². The summed E-state index contributed by atoms with van der Waals surface area (Å²) in [5, 5.41) is 9.92. The van der Waals surface area contributed by atoms with Gasteiger partial charge in [-0.1, -0.05) is 74.1 Å². The van der Waals surface area contributed by atoms with Crippen LogP contribution in [0.4, 0.5) is 0 Å². The van der Waals surface area contributed by atoms with E-state index in [-0.39, 0.29) is 31.0 Å². The van der Waals surface area contributed by atoms with Gasteiger partial charge in [0.1, 0.15) is 12.2 Å². The molecule has 0 radical (unpaired) electrons. The number of hydrogen-bond acceptors (Lipinski definition) is 6. The largest absolute Gasteiger partial charge is 0.409 e. The Bertz CT molecular complexity index is 455. The highest BCUT2D eigenvalue weighted by Crippen LogP contribution is 2.29. The summed E-state index contributed by atoms with van der Waals surface area (Å²) in [6.45, 7) is 18.7. The average molecular weight is 535 g/mol. The summed E-state index contributed by atoms with van der Waals surface area (Å²) in [4.78, 5) is 0. The maximum Gasteiger partial charge on any atom is 0.192 e. The summed E-state index contributed by atoms with van der Waals surface area (Å²) in [6.07, 6.45) is 7.75. The normalized spacial score (nSPS) is 15.7. The topological polar surface area (TPSA) is 66.4 Å². The lowest BCUT2D eigenvalue weighted by atomic mass is 10.00. The Labute approximate surface area is 225 Å². The maximum absolute atomic E-state index is 9.92. The summed E-state index contributed by atoms with van der Waals surface area (Å²) >= 11 is 0. The molecule has 0 aromatic heterocycles. The van der Waals surface area contributed by atoms with Gasteiger partial charge < -0.3 is 28.5 Å². The monoisotopic (exact) mass is 534 g/mol. The van der Waals surface area contributed by atoms with E-state index in [0.717, 1.165) is 76.1 Å². The molecule has 0 heterocycles. The number of hydrogen-bond donors (Lipinski definition) is 1. The smallest absolute Gasteiger partial charge is 0.192 e. The van der Waals surface area contributed by atoms with Crippen molar-refractivity contribution in [3.05, 3.63) is 0 Å². The van der Waals surface area contributed by atoms with Crippen molar-refractivity contribution in [2.75, 3.05) is 39.6 Å². The molecule has 0 amide bonds. The molecule has 0 unspecified atom stereocenters. The molecule has 218 valence electrons. The Morgan fingerprint density at radius 2 is 1.03 bits per heavy atom. The van der Waals surface area contributed by atoms with Crippen LogP contribution in [0.1, 0.15) is 106 Å². The Hall–Kier alpha value is -0.0231. The molecule has 0 rings (SSSR count). The fourth-order valence-electron chi connectivity index (χ4n) is 4.37. The molecule has 0 aromatic carbocycles. The van der Waals surface area contributed by atoms with Crippen molar-refractivity contribution in [2.45, 2.75) is 149 Å². The van der Waals surface area contributed by atoms with Crippen LogP contribution < -0.4 is 0 Å². The molecular formula is C29H62O6Si. The third-order valence-electron chi connectivity index (χ3n) is 7.18. The van der Waals surface area contributed by atoms with Crippen LogP contribution in [-0.4, -0.2) is 77.5 Å². The molecule has 6 nitrogen and oxygen atoms in total. The lowest BCUT2D eigenvalue weighted by Crippen LogP contribution is -2.55. The molecule has 0 aliphatic heterocycles. The van der Waals surface area contributed by atoms with Crippen LogP contribution in [0.3, 0.4) is 0 Å². The second-order valence-electron chi connectivity index (χ2n) is 9.98. The quantitative estimate of drug-likeness (QED) is 0.0893. The zero-order valence-electron chi connectivity index (χ0n) is 25.0. The van der Waals surface area contributed by atoms with E-state index >= 15 is 0 Å². The maximum atomic E-state index is 9.92. The highest BCUT2D eigenvalue weighted by molar-refractivity contribution is 6.73. The molecular weight excluding hydrogens is 472 g/mol. The first kappa shape index (κ1) is 36.0. The third-order valence-corrected chi connectivity index (χ3v) is 11.8. The summed E-state index contributed by atoms with van der Waals surface area (Å²) < 4.78 is 32.8. The zero-order valence-corrected chi connectivity index (χ0v) is 26.0. The molecule has 0 aromatic rings. The number of unbranched alkanes of at least 4 members (excludes halogenated alkanes) is 4. The van der Waals surface area contributed by atoms with Crippen molar-refractivity contribution in [3.63, 3.8) is 0 Å². The van der Waals surface area contributed by atoms with Crippen LogP contribution in [0.25, 0.3) is 0 Å². The fourth-order valence-corrected chi connectivity index (χ4v) is 7.21. The highest BCUT2D eigenvalue weighted by atomic mass is 28.4. The van der Waals surface area contributed by atoms with Gasteiger partial charge in [0.15, 0.2) is 8.32 Å². The first-order valence-corrected chi connectivity index (χ1v) is 17.8. The summed E-state index contributed by atoms with van der Waals surface area (Å²) in [6, 6.07) is 3.21. The zero-order chi connectivity index (χ0) is 27.1. The highest BCUT2D eigenvalue weighted by Gasteiger charge is 2.42. The standard InChI is InChI=1S/C29H62O6Si/c1-8-15-21-31-25-27(35-36(12-5,13-6)14-7)29(34-24-18-11-4)28(33-23-17-10-3)26(19-20-30)32-22-16-9-2/h26-30H,8-25H2,1-7H3/t26-,27+,28-,29+/m0/s1. The molecule has 0 fully saturated rings. The van der Waals surface area contributed by atoms with Gasteiger partial charge in [-0.25, -0.2) is 0 Å². The van der Waals surface area contributed by atoms with Crippen molar-refractivity contribution < 1.29 is 28.5 Å². The first-order chi connectivity index (χ1) is 17.5. The van der Waals surface area contributed by atoms with Gasteiger partial charge in [0.25, 0.3) is 0 Å². The van der Waals surface area contributed by atoms with Gasteiger partial charge in [0.2, 0.25) is 0 Å². The van der Waals surface area contributed by atoms with Crippen LogP contribution in [0, 0.1) is 0 Å². The minimum Gasteiger partial charge on any atom is -0.409 e.